The monoisotopic (exact) mass is 1760 g/mol. The molecule has 0 bridgehead atoms. The summed E-state index contributed by atoms with van der Waals surface area (Å²) in [5, 5.41) is 43.1. The number of aliphatic hydroxyl groups is 3. The number of halogens is 9. The van der Waals surface area contributed by atoms with E-state index in [-0.39, 0.29) is 119 Å². The summed E-state index contributed by atoms with van der Waals surface area (Å²) in [7, 11) is -8.70. The molecule has 0 saturated carbocycles. The number of benzene rings is 9. The largest absolute Gasteiger partial charge is 0.478 e. The molecule has 0 saturated heterocycles. The van der Waals surface area contributed by atoms with Crippen LogP contribution in [-0.2, 0) is 55.9 Å². The minimum Gasteiger partial charge on any atom is -0.478 e. The lowest BCUT2D eigenvalue weighted by atomic mass is 10.0. The summed E-state index contributed by atoms with van der Waals surface area (Å²) in [6, 6.07) is 40.3. The number of nitrogens with zero attached hydrogens (tertiary/aromatic N) is 7. The van der Waals surface area contributed by atoms with E-state index in [0.717, 1.165) is 23.8 Å². The van der Waals surface area contributed by atoms with Crippen molar-refractivity contribution in [3.63, 3.8) is 0 Å². The Morgan fingerprint density at radius 1 is 0.431 bits per heavy atom. The van der Waals surface area contributed by atoms with Crippen molar-refractivity contribution in [3.8, 4) is 84.6 Å². The fraction of sp³-hybridized carbons (Fsp3) is 0.195. The molecule has 0 atom stereocenters. The van der Waals surface area contributed by atoms with Gasteiger partial charge in [-0.1, -0.05) is 124 Å². The van der Waals surface area contributed by atoms with Gasteiger partial charge in [-0.05, 0) is 191 Å². The van der Waals surface area contributed by atoms with Gasteiger partial charge in [-0.2, -0.15) is 0 Å². The molecule has 606 valence electrons. The van der Waals surface area contributed by atoms with Gasteiger partial charge in [0.15, 0.2) is 29.5 Å². The van der Waals surface area contributed by atoms with Crippen LogP contribution in [0, 0.1) is 17.5 Å². The molecule has 1 amide bonds. The molecule has 0 fully saturated rings. The van der Waals surface area contributed by atoms with Gasteiger partial charge in [-0.3, -0.25) is 23.3 Å². The zero-order chi connectivity index (χ0) is 85.5. The summed E-state index contributed by atoms with van der Waals surface area (Å²) < 4.78 is 129. The number of carbonyl (C=O) groups is 3. The van der Waals surface area contributed by atoms with E-state index in [4.69, 9.17) is 79.2 Å². The summed E-state index contributed by atoms with van der Waals surface area (Å²) in [6.45, 7) is 11.0. The van der Waals surface area contributed by atoms with Gasteiger partial charge in [-0.25, -0.2) is 68.0 Å². The number of hydroxylamine groups is 2. The van der Waals surface area contributed by atoms with E-state index in [9.17, 15) is 73.2 Å². The summed E-state index contributed by atoms with van der Waals surface area (Å²) in [5.41, 5.74) is 0.728. The fourth-order valence-corrected chi connectivity index (χ4v) is 16.1. The van der Waals surface area contributed by atoms with Crippen molar-refractivity contribution < 1.29 is 82.8 Å². The third-order valence-electron chi connectivity index (χ3n) is 17.8. The lowest BCUT2D eigenvalue weighted by molar-refractivity contribution is -0.0759. The standard InChI is InChI=1S/C28H26Cl2FN3O5S.C28H25Cl2FN2O5S.C26H21Cl2FN2O5S/c1-28(2,36)24-15-34(26(32-24)25-19(29)7-6-8-21(25)31)22-12-10-16(13-20(22)30)17-9-11-18(27(35)33(3)39-4)23(14-17)40(5,37)38;1-5-38-27(34)18-11-9-17(14-23(18)39(4,36)37)16-10-12-22(20(30)13-16)33-15-24(28(2,3)35)32-26(33)25-19(29)7-6-8-21(25)31;1-26(2,34)22-13-31(24(30-22)23-17(27)5-4-6-19(23)29)20-10-8-14(11-18(20)28)15-7-9-16(25(32)33)21(12-15)37(3,35)36/h6-15,36H,1-5H3;6-15,35H,5H2,1-4H3;4-13,34H,1-3H3,(H,32,33). The van der Waals surface area contributed by atoms with E-state index in [1.54, 1.807) is 114 Å². The van der Waals surface area contributed by atoms with Gasteiger partial charge in [0.1, 0.15) is 51.7 Å². The van der Waals surface area contributed by atoms with E-state index >= 15 is 0 Å². The van der Waals surface area contributed by atoms with Crippen LogP contribution in [0.3, 0.4) is 0 Å². The van der Waals surface area contributed by atoms with Gasteiger partial charge >= 0.3 is 11.9 Å². The van der Waals surface area contributed by atoms with Crippen molar-refractivity contribution >= 4 is 117 Å². The highest BCUT2D eigenvalue weighted by atomic mass is 35.5. The Hall–Kier alpha value is -9.76. The van der Waals surface area contributed by atoms with Crippen LogP contribution in [0.15, 0.2) is 197 Å². The first kappa shape index (κ1) is 88.6. The van der Waals surface area contributed by atoms with E-state index in [2.05, 4.69) is 15.0 Å². The first-order chi connectivity index (χ1) is 54.0. The Labute approximate surface area is 696 Å². The maximum absolute atomic E-state index is 14.9. The van der Waals surface area contributed by atoms with Gasteiger partial charge in [0.05, 0.1) is 126 Å². The molecule has 4 N–H and O–H groups in total. The molecule has 12 rings (SSSR count). The van der Waals surface area contributed by atoms with Crippen LogP contribution in [0.5, 0.6) is 0 Å². The highest BCUT2D eigenvalue weighted by Gasteiger charge is 2.32. The zero-order valence-corrected chi connectivity index (χ0v) is 70.5. The van der Waals surface area contributed by atoms with Crippen molar-refractivity contribution in [2.45, 2.75) is 80.0 Å². The molecule has 0 unspecified atom stereocenters. The number of hydrogen-bond donors (Lipinski definition) is 4. The molecule has 3 heterocycles. The number of sulfone groups is 3. The Morgan fingerprint density at radius 2 is 0.707 bits per heavy atom. The maximum atomic E-state index is 14.9. The predicted molar refractivity (Wildman–Crippen MR) is 440 cm³/mol. The van der Waals surface area contributed by atoms with Crippen molar-refractivity contribution in [1.82, 2.24) is 33.7 Å². The van der Waals surface area contributed by atoms with Crippen LogP contribution in [0.2, 0.25) is 30.1 Å². The molecule has 0 aliphatic carbocycles. The highest BCUT2D eigenvalue weighted by molar-refractivity contribution is 7.91. The van der Waals surface area contributed by atoms with Crippen molar-refractivity contribution in [2.75, 3.05) is 39.5 Å². The normalized spacial score (nSPS) is 12.0. The SMILES string of the molecule is CC(C)(O)c1cn(-c2ccc(-c3ccc(C(=O)O)c(S(C)(=O)=O)c3)cc2Cl)c(-c2c(F)cccc2Cl)n1.CCOC(=O)c1ccc(-c2ccc(-n3cc(C(C)(C)O)nc3-c3c(F)cccc3Cl)c(Cl)c2)cc1S(C)(=O)=O.CON(C)C(=O)c1ccc(-c2ccc(-n3cc(C(C)(C)O)nc3-c3c(F)cccc3Cl)c(Cl)c2)cc1S(C)(=O)=O. The maximum Gasteiger partial charge on any atom is 0.339 e. The van der Waals surface area contributed by atoms with E-state index < -0.39 is 81.6 Å². The molecular weight excluding hydrogens is 1690 g/mol. The Kier molecular flexibility index (Phi) is 26.3. The number of carboxylic acid groups (broad SMARTS) is 1. The Bertz CT molecular complexity index is 6220. The number of aromatic carboxylic acids is 1. The van der Waals surface area contributed by atoms with Crippen LogP contribution in [0.4, 0.5) is 13.2 Å². The minimum absolute atomic E-state index is 0.0295. The second-order valence-electron chi connectivity index (χ2n) is 27.9. The van der Waals surface area contributed by atoms with Crippen LogP contribution < -0.4 is 0 Å². The predicted octanol–water partition coefficient (Wildman–Crippen LogP) is 18.4. The number of imidazole rings is 3. The van der Waals surface area contributed by atoms with E-state index in [1.807, 2.05) is 0 Å². The summed E-state index contributed by atoms with van der Waals surface area (Å²) in [6.07, 6.45) is 7.59. The van der Waals surface area contributed by atoms with Crippen LogP contribution in [0.25, 0.3) is 84.6 Å². The van der Waals surface area contributed by atoms with Gasteiger partial charge < -0.3 is 25.2 Å². The number of carboxylic acids is 1. The quantitative estimate of drug-likeness (QED) is 0.0407. The van der Waals surface area contributed by atoms with Crippen LogP contribution in [0.1, 0.15) is 96.6 Å². The molecule has 3 aromatic heterocycles. The summed E-state index contributed by atoms with van der Waals surface area (Å²) in [4.78, 5) is 54.1. The zero-order valence-electron chi connectivity index (χ0n) is 63.6. The number of aromatic nitrogens is 6. The molecular formula is C82H72Cl6F3N7O15S3. The minimum atomic E-state index is -3.82. The average molecular weight is 1760 g/mol. The van der Waals surface area contributed by atoms with Gasteiger partial charge in [-0.15, -0.1) is 0 Å². The van der Waals surface area contributed by atoms with Gasteiger partial charge in [0.25, 0.3) is 5.91 Å². The van der Waals surface area contributed by atoms with Crippen molar-refractivity contribution in [2.24, 2.45) is 0 Å². The molecule has 0 spiro atoms. The number of esters is 1. The summed E-state index contributed by atoms with van der Waals surface area (Å²) in [5.74, 6) is -4.12. The lowest BCUT2D eigenvalue weighted by Crippen LogP contribution is -2.27. The van der Waals surface area contributed by atoms with E-state index in [1.165, 1.54) is 145 Å². The molecule has 116 heavy (non-hydrogen) atoms. The lowest BCUT2D eigenvalue weighted by Gasteiger charge is -2.17. The van der Waals surface area contributed by atoms with Crippen molar-refractivity contribution in [1.29, 1.82) is 0 Å². The second-order valence-corrected chi connectivity index (χ2v) is 36.3. The van der Waals surface area contributed by atoms with Gasteiger partial charge in [0.2, 0.25) is 0 Å². The van der Waals surface area contributed by atoms with Crippen molar-refractivity contribution in [3.05, 3.63) is 264 Å². The van der Waals surface area contributed by atoms with Crippen LogP contribution >= 0.6 is 69.6 Å². The first-order valence-corrected chi connectivity index (χ1v) is 42.4. The molecule has 0 radical (unpaired) electrons. The number of ether oxygens (including phenoxy) is 1. The third-order valence-corrected chi connectivity index (χ3v) is 23.1. The van der Waals surface area contributed by atoms with Gasteiger partial charge in [0, 0.05) is 44.4 Å². The number of carbonyl (C=O) groups excluding carboxylic acids is 2. The summed E-state index contributed by atoms with van der Waals surface area (Å²) >= 11 is 39.0. The second kappa shape index (κ2) is 34.4. The molecule has 12 aromatic rings. The number of amides is 1. The fourth-order valence-electron chi connectivity index (χ4n) is 11.9. The molecule has 9 aromatic carbocycles. The first-order valence-electron chi connectivity index (χ1n) is 34.5. The highest BCUT2D eigenvalue weighted by Crippen LogP contribution is 2.43. The van der Waals surface area contributed by atoms with E-state index in [0.29, 0.717) is 50.4 Å². The van der Waals surface area contributed by atoms with Crippen LogP contribution in [-0.4, -0.2) is 137 Å². The Balaban J connectivity index is 0.000000184. The Morgan fingerprint density at radius 3 is 0.974 bits per heavy atom. The molecule has 22 nitrogen and oxygen atoms in total. The molecule has 0 aliphatic rings. The molecule has 34 heteroatoms. The topological polar surface area (TPSA) is 310 Å². The smallest absolute Gasteiger partial charge is 0.339 e. The number of rotatable bonds is 20. The average Bonchev–Trinajstić information content (AvgIpc) is 1.55. The third kappa shape index (κ3) is 19.4. The molecule has 0 aliphatic heterocycles. The number of hydrogen-bond acceptors (Lipinski definition) is 17.